The maximum atomic E-state index is 11.9. The zero-order valence-corrected chi connectivity index (χ0v) is 12.8. The van der Waals surface area contributed by atoms with E-state index < -0.39 is 11.8 Å². The second-order valence-electron chi connectivity index (χ2n) is 4.56. The smallest absolute Gasteiger partial charge is 0.313 e. The summed E-state index contributed by atoms with van der Waals surface area (Å²) in [5.74, 6) is -0.539. The minimum Gasteiger partial charge on any atom is -0.497 e. The van der Waals surface area contributed by atoms with E-state index in [-0.39, 0.29) is 6.54 Å². The van der Waals surface area contributed by atoms with E-state index in [2.05, 4.69) is 15.6 Å². The fourth-order valence-corrected chi connectivity index (χ4v) is 1.85. The molecule has 2 N–H and O–H groups in total. The van der Waals surface area contributed by atoms with Gasteiger partial charge in [-0.1, -0.05) is 6.07 Å². The average Bonchev–Trinajstić information content (AvgIpc) is 2.60. The first-order valence-electron chi connectivity index (χ1n) is 6.84. The van der Waals surface area contributed by atoms with Crippen LogP contribution in [0.3, 0.4) is 0 Å². The van der Waals surface area contributed by atoms with Crippen LogP contribution in [0.5, 0.6) is 11.5 Å². The van der Waals surface area contributed by atoms with Crippen LogP contribution in [0.1, 0.15) is 5.56 Å². The van der Waals surface area contributed by atoms with Crippen LogP contribution in [-0.4, -0.2) is 31.0 Å². The molecular formula is C16H17N3O4. The third-order valence-electron chi connectivity index (χ3n) is 3.04. The monoisotopic (exact) mass is 315 g/mol. The maximum Gasteiger partial charge on any atom is 0.313 e. The highest BCUT2D eigenvalue weighted by Gasteiger charge is 2.16. The van der Waals surface area contributed by atoms with Crippen LogP contribution >= 0.6 is 0 Å². The highest BCUT2D eigenvalue weighted by atomic mass is 16.5. The molecule has 0 radical (unpaired) electrons. The number of nitrogens with zero attached hydrogens (tertiary/aromatic N) is 1. The van der Waals surface area contributed by atoms with Gasteiger partial charge in [0.2, 0.25) is 0 Å². The lowest BCUT2D eigenvalue weighted by atomic mass is 10.2. The van der Waals surface area contributed by atoms with Crippen molar-refractivity contribution < 1.29 is 19.1 Å². The van der Waals surface area contributed by atoms with E-state index >= 15 is 0 Å². The molecule has 0 saturated carbocycles. The summed E-state index contributed by atoms with van der Waals surface area (Å²) in [6.45, 7) is 0.222. The average molecular weight is 315 g/mol. The molecule has 0 unspecified atom stereocenters. The molecule has 0 aliphatic heterocycles. The van der Waals surface area contributed by atoms with E-state index in [0.717, 1.165) is 5.56 Å². The second kappa shape index (κ2) is 7.79. The molecule has 0 saturated heterocycles. The van der Waals surface area contributed by atoms with Crippen LogP contribution in [0.2, 0.25) is 0 Å². The number of hydrogen-bond donors (Lipinski definition) is 2. The van der Waals surface area contributed by atoms with E-state index in [1.807, 2.05) is 0 Å². The predicted octanol–water partition coefficient (Wildman–Crippen LogP) is 1.35. The molecule has 1 heterocycles. The number of carbonyl (C=O) groups excluding carboxylic acids is 2. The standard InChI is InChI=1S/C16H17N3O4/c1-22-12-5-6-13(14(8-12)23-2)19-16(21)15(20)18-10-11-4-3-7-17-9-11/h3-9H,10H2,1-2H3,(H,18,20)(H,19,21). The van der Waals surface area contributed by atoms with Crippen LogP contribution < -0.4 is 20.1 Å². The fourth-order valence-electron chi connectivity index (χ4n) is 1.85. The Hall–Kier alpha value is -3.09. The molecule has 0 bridgehead atoms. The number of amides is 2. The largest absolute Gasteiger partial charge is 0.497 e. The van der Waals surface area contributed by atoms with Crippen molar-refractivity contribution in [1.82, 2.24) is 10.3 Å². The Kier molecular flexibility index (Phi) is 5.51. The number of rotatable bonds is 5. The van der Waals surface area contributed by atoms with Gasteiger partial charge in [-0.05, 0) is 23.8 Å². The molecule has 0 spiro atoms. The van der Waals surface area contributed by atoms with Gasteiger partial charge in [-0.3, -0.25) is 14.6 Å². The molecule has 7 nitrogen and oxygen atoms in total. The lowest BCUT2D eigenvalue weighted by Gasteiger charge is -2.11. The van der Waals surface area contributed by atoms with E-state index in [1.54, 1.807) is 42.7 Å². The van der Waals surface area contributed by atoms with Gasteiger partial charge < -0.3 is 20.1 Å². The van der Waals surface area contributed by atoms with Gasteiger partial charge >= 0.3 is 11.8 Å². The third kappa shape index (κ3) is 4.44. The van der Waals surface area contributed by atoms with Crippen molar-refractivity contribution in [1.29, 1.82) is 0 Å². The molecule has 1 aromatic carbocycles. The number of ether oxygens (including phenoxy) is 2. The van der Waals surface area contributed by atoms with Crippen LogP contribution in [-0.2, 0) is 16.1 Å². The van der Waals surface area contributed by atoms with Gasteiger partial charge in [-0.15, -0.1) is 0 Å². The Morgan fingerprint density at radius 1 is 1.13 bits per heavy atom. The van der Waals surface area contributed by atoms with Crippen molar-refractivity contribution in [2.45, 2.75) is 6.54 Å². The fraction of sp³-hybridized carbons (Fsp3) is 0.188. The maximum absolute atomic E-state index is 11.9. The predicted molar refractivity (Wildman–Crippen MR) is 84.3 cm³/mol. The van der Waals surface area contributed by atoms with Crippen molar-refractivity contribution in [3.63, 3.8) is 0 Å². The molecule has 0 aliphatic carbocycles. The molecule has 7 heteroatoms. The topological polar surface area (TPSA) is 89.5 Å². The molecule has 2 amide bonds. The Morgan fingerprint density at radius 3 is 2.61 bits per heavy atom. The van der Waals surface area contributed by atoms with Gasteiger partial charge in [0, 0.05) is 25.0 Å². The van der Waals surface area contributed by atoms with Crippen molar-refractivity contribution in [2.75, 3.05) is 19.5 Å². The Bertz CT molecular complexity index is 689. The van der Waals surface area contributed by atoms with Crippen LogP contribution in [0.15, 0.2) is 42.7 Å². The minimum atomic E-state index is -0.780. The zero-order valence-electron chi connectivity index (χ0n) is 12.8. The van der Waals surface area contributed by atoms with Crippen molar-refractivity contribution in [3.05, 3.63) is 48.3 Å². The normalized spacial score (nSPS) is 9.83. The van der Waals surface area contributed by atoms with Crippen LogP contribution in [0, 0.1) is 0 Å². The number of benzene rings is 1. The van der Waals surface area contributed by atoms with E-state index in [1.165, 1.54) is 14.2 Å². The SMILES string of the molecule is COc1ccc(NC(=O)C(=O)NCc2cccnc2)c(OC)c1. The van der Waals surface area contributed by atoms with E-state index in [0.29, 0.717) is 17.2 Å². The number of anilines is 1. The van der Waals surface area contributed by atoms with Crippen molar-refractivity contribution in [3.8, 4) is 11.5 Å². The van der Waals surface area contributed by atoms with E-state index in [9.17, 15) is 9.59 Å². The molecule has 0 aliphatic rings. The highest BCUT2D eigenvalue weighted by molar-refractivity contribution is 6.39. The minimum absolute atomic E-state index is 0.222. The molecule has 1 aromatic heterocycles. The van der Waals surface area contributed by atoms with Gasteiger partial charge in [-0.25, -0.2) is 0 Å². The number of pyridine rings is 1. The van der Waals surface area contributed by atoms with Gasteiger partial charge in [-0.2, -0.15) is 0 Å². The third-order valence-corrected chi connectivity index (χ3v) is 3.04. The summed E-state index contributed by atoms with van der Waals surface area (Å²) in [7, 11) is 2.99. The van der Waals surface area contributed by atoms with Gasteiger partial charge in [0.1, 0.15) is 11.5 Å². The summed E-state index contributed by atoms with van der Waals surface area (Å²) in [6, 6.07) is 8.43. The molecule has 0 fully saturated rings. The Balaban J connectivity index is 1.97. The van der Waals surface area contributed by atoms with Gasteiger partial charge in [0.25, 0.3) is 0 Å². The van der Waals surface area contributed by atoms with Crippen molar-refractivity contribution in [2.24, 2.45) is 0 Å². The number of methoxy groups -OCH3 is 2. The molecular weight excluding hydrogens is 298 g/mol. The van der Waals surface area contributed by atoms with Crippen molar-refractivity contribution >= 4 is 17.5 Å². The highest BCUT2D eigenvalue weighted by Crippen LogP contribution is 2.28. The molecule has 23 heavy (non-hydrogen) atoms. The van der Waals surface area contributed by atoms with Crippen LogP contribution in [0.4, 0.5) is 5.69 Å². The summed E-state index contributed by atoms with van der Waals surface area (Å²) in [5, 5.41) is 5.02. The lowest BCUT2D eigenvalue weighted by molar-refractivity contribution is -0.136. The summed E-state index contributed by atoms with van der Waals surface area (Å²) in [5.41, 5.74) is 1.19. The summed E-state index contributed by atoms with van der Waals surface area (Å²) in [6.07, 6.45) is 3.25. The zero-order chi connectivity index (χ0) is 16.7. The van der Waals surface area contributed by atoms with Crippen LogP contribution in [0.25, 0.3) is 0 Å². The number of nitrogens with one attached hydrogen (secondary N) is 2. The Labute approximate surface area is 133 Å². The lowest BCUT2D eigenvalue weighted by Crippen LogP contribution is -2.35. The quantitative estimate of drug-likeness (QED) is 0.813. The van der Waals surface area contributed by atoms with E-state index in [4.69, 9.17) is 9.47 Å². The summed E-state index contributed by atoms with van der Waals surface area (Å²) < 4.78 is 10.2. The molecule has 2 aromatic rings. The first kappa shape index (κ1) is 16.3. The first-order chi connectivity index (χ1) is 11.1. The number of aromatic nitrogens is 1. The summed E-state index contributed by atoms with van der Waals surface area (Å²) in [4.78, 5) is 27.7. The Morgan fingerprint density at radius 2 is 1.96 bits per heavy atom. The van der Waals surface area contributed by atoms with Gasteiger partial charge in [0.15, 0.2) is 0 Å². The molecule has 0 atom stereocenters. The summed E-state index contributed by atoms with van der Waals surface area (Å²) >= 11 is 0. The number of carbonyl (C=O) groups is 2. The molecule has 2 rings (SSSR count). The number of hydrogen-bond acceptors (Lipinski definition) is 5. The first-order valence-corrected chi connectivity index (χ1v) is 6.84. The molecule has 120 valence electrons. The second-order valence-corrected chi connectivity index (χ2v) is 4.56. The van der Waals surface area contributed by atoms with Gasteiger partial charge in [0.05, 0.1) is 19.9 Å².